The third kappa shape index (κ3) is 5.49. The van der Waals surface area contributed by atoms with Gasteiger partial charge in [0.05, 0.1) is 15.6 Å². The number of carbonyl (C=O) groups is 1. The molecule has 0 heterocycles. The van der Waals surface area contributed by atoms with Gasteiger partial charge in [-0.1, -0.05) is 41.9 Å². The zero-order valence-corrected chi connectivity index (χ0v) is 17.1. The second-order valence-corrected chi connectivity index (χ2v) is 8.30. The Morgan fingerprint density at radius 1 is 0.966 bits per heavy atom. The van der Waals surface area contributed by atoms with Crippen LogP contribution in [-0.4, -0.2) is 20.9 Å². The molecular weight excluding hydrogens is 412 g/mol. The molecule has 0 aliphatic carbocycles. The number of rotatable bonds is 7. The maximum atomic E-state index is 12.5. The molecule has 0 saturated heterocycles. The molecule has 0 unspecified atom stereocenters. The lowest BCUT2D eigenvalue weighted by Crippen LogP contribution is -2.20. The minimum atomic E-state index is -3.73. The number of amides is 1. The van der Waals surface area contributed by atoms with E-state index in [0.717, 1.165) is 5.56 Å². The van der Waals surface area contributed by atoms with E-state index >= 15 is 0 Å². The Morgan fingerprint density at radius 2 is 1.62 bits per heavy atom. The molecule has 0 spiro atoms. The van der Waals surface area contributed by atoms with Crippen LogP contribution < -0.4 is 14.8 Å². The number of anilines is 2. The van der Waals surface area contributed by atoms with Gasteiger partial charge < -0.3 is 10.1 Å². The van der Waals surface area contributed by atoms with E-state index in [0.29, 0.717) is 22.1 Å². The number of ether oxygens (including phenoxy) is 1. The van der Waals surface area contributed by atoms with Gasteiger partial charge in [0.25, 0.3) is 15.9 Å². The highest BCUT2D eigenvalue weighted by Crippen LogP contribution is 2.23. The molecule has 0 saturated carbocycles. The molecule has 150 valence electrons. The van der Waals surface area contributed by atoms with Gasteiger partial charge in [0.1, 0.15) is 5.75 Å². The summed E-state index contributed by atoms with van der Waals surface area (Å²) in [7, 11) is -3.73. The van der Waals surface area contributed by atoms with Gasteiger partial charge in [0.2, 0.25) is 0 Å². The van der Waals surface area contributed by atoms with Crippen molar-refractivity contribution in [1.29, 1.82) is 0 Å². The first-order valence-corrected chi connectivity index (χ1v) is 10.6. The zero-order chi connectivity index (χ0) is 20.9. The maximum Gasteiger partial charge on any atom is 0.262 e. The summed E-state index contributed by atoms with van der Waals surface area (Å²) in [4.78, 5) is 12.1. The first kappa shape index (κ1) is 20.7. The zero-order valence-electron chi connectivity index (χ0n) is 15.6. The SMILES string of the molecule is Cc1ccccc1NS(=O)(=O)c1ccc(NC(=O)COc2ccccc2Cl)cc1. The molecule has 0 atom stereocenters. The Kier molecular flexibility index (Phi) is 6.41. The number of sulfonamides is 1. The van der Waals surface area contributed by atoms with Gasteiger partial charge in [-0.2, -0.15) is 0 Å². The number of hydrogen-bond donors (Lipinski definition) is 2. The number of nitrogens with one attached hydrogen (secondary N) is 2. The lowest BCUT2D eigenvalue weighted by molar-refractivity contribution is -0.118. The summed E-state index contributed by atoms with van der Waals surface area (Å²) in [5.41, 5.74) is 1.78. The molecule has 0 aromatic heterocycles. The largest absolute Gasteiger partial charge is 0.482 e. The monoisotopic (exact) mass is 430 g/mol. The highest BCUT2D eigenvalue weighted by Gasteiger charge is 2.15. The Hall–Kier alpha value is -3.03. The number of hydrogen-bond acceptors (Lipinski definition) is 4. The Balaban J connectivity index is 1.61. The average Bonchev–Trinajstić information content (AvgIpc) is 2.69. The van der Waals surface area contributed by atoms with Crippen molar-refractivity contribution in [3.05, 3.63) is 83.4 Å². The van der Waals surface area contributed by atoms with E-state index < -0.39 is 15.9 Å². The molecule has 0 bridgehead atoms. The predicted molar refractivity (Wildman–Crippen MR) is 114 cm³/mol. The molecule has 0 aliphatic heterocycles. The molecule has 3 aromatic carbocycles. The molecule has 8 heteroatoms. The molecule has 2 N–H and O–H groups in total. The molecule has 3 rings (SSSR count). The summed E-state index contributed by atoms with van der Waals surface area (Å²) in [6.07, 6.45) is 0. The molecule has 3 aromatic rings. The maximum absolute atomic E-state index is 12.5. The van der Waals surface area contributed by atoms with Crippen LogP contribution in [-0.2, 0) is 14.8 Å². The highest BCUT2D eigenvalue weighted by molar-refractivity contribution is 7.92. The summed E-state index contributed by atoms with van der Waals surface area (Å²) < 4.78 is 33.0. The predicted octanol–water partition coefficient (Wildman–Crippen LogP) is 4.47. The lowest BCUT2D eigenvalue weighted by Gasteiger charge is -2.11. The highest BCUT2D eigenvalue weighted by atomic mass is 35.5. The lowest BCUT2D eigenvalue weighted by atomic mass is 10.2. The van der Waals surface area contributed by atoms with Gasteiger partial charge in [0.15, 0.2) is 6.61 Å². The van der Waals surface area contributed by atoms with Crippen LogP contribution in [0.3, 0.4) is 0 Å². The van der Waals surface area contributed by atoms with E-state index in [9.17, 15) is 13.2 Å². The van der Waals surface area contributed by atoms with Crippen LogP contribution in [0.1, 0.15) is 5.56 Å². The quantitative estimate of drug-likeness (QED) is 0.579. The van der Waals surface area contributed by atoms with Crippen molar-refractivity contribution in [2.24, 2.45) is 0 Å². The van der Waals surface area contributed by atoms with Crippen molar-refractivity contribution in [1.82, 2.24) is 0 Å². The fourth-order valence-corrected chi connectivity index (χ4v) is 3.83. The van der Waals surface area contributed by atoms with E-state index in [1.807, 2.05) is 19.1 Å². The third-order valence-corrected chi connectivity index (χ3v) is 5.73. The summed E-state index contributed by atoms with van der Waals surface area (Å²) in [6, 6.07) is 19.8. The molecule has 29 heavy (non-hydrogen) atoms. The van der Waals surface area contributed by atoms with Crippen LogP contribution >= 0.6 is 11.6 Å². The molecule has 1 amide bonds. The number of benzene rings is 3. The van der Waals surface area contributed by atoms with Crippen LogP contribution in [0, 0.1) is 6.92 Å². The first-order chi connectivity index (χ1) is 13.8. The average molecular weight is 431 g/mol. The molecule has 0 fully saturated rings. The first-order valence-electron chi connectivity index (χ1n) is 8.71. The van der Waals surface area contributed by atoms with Crippen molar-refractivity contribution < 1.29 is 17.9 Å². The molecular formula is C21H19ClN2O4S. The standard InChI is InChI=1S/C21H19ClN2O4S/c1-15-6-2-4-8-19(15)24-29(26,27)17-12-10-16(11-13-17)23-21(25)14-28-20-9-5-3-7-18(20)22/h2-13,24H,14H2,1H3,(H,23,25). The number of carbonyl (C=O) groups excluding carboxylic acids is 1. The van der Waals surface area contributed by atoms with E-state index in [2.05, 4.69) is 10.0 Å². The number of para-hydroxylation sites is 2. The summed E-state index contributed by atoms with van der Waals surface area (Å²) in [5.74, 6) is 0.0200. The van der Waals surface area contributed by atoms with Gasteiger partial charge in [0, 0.05) is 5.69 Å². The molecule has 0 aliphatic rings. The van der Waals surface area contributed by atoms with Gasteiger partial charge >= 0.3 is 0 Å². The minimum Gasteiger partial charge on any atom is -0.482 e. The summed E-state index contributed by atoms with van der Waals surface area (Å²) in [6.45, 7) is 1.60. The van der Waals surface area contributed by atoms with Crippen molar-refractivity contribution in [3.8, 4) is 5.75 Å². The Bertz CT molecular complexity index is 1120. The van der Waals surface area contributed by atoms with Crippen LogP contribution in [0.4, 0.5) is 11.4 Å². The summed E-state index contributed by atoms with van der Waals surface area (Å²) >= 11 is 5.98. The van der Waals surface area contributed by atoms with Gasteiger partial charge in [-0.05, 0) is 55.0 Å². The van der Waals surface area contributed by atoms with Gasteiger partial charge in [-0.3, -0.25) is 9.52 Å². The van der Waals surface area contributed by atoms with Crippen molar-refractivity contribution in [2.75, 3.05) is 16.6 Å². The Labute approximate surface area is 174 Å². The number of halogens is 1. The molecule has 0 radical (unpaired) electrons. The van der Waals surface area contributed by atoms with E-state index in [-0.39, 0.29) is 11.5 Å². The van der Waals surface area contributed by atoms with E-state index in [4.69, 9.17) is 16.3 Å². The van der Waals surface area contributed by atoms with Crippen molar-refractivity contribution >= 4 is 38.9 Å². The smallest absolute Gasteiger partial charge is 0.262 e. The normalized spacial score (nSPS) is 11.0. The fraction of sp³-hybridized carbons (Fsp3) is 0.0952. The Morgan fingerprint density at radius 3 is 2.31 bits per heavy atom. The van der Waals surface area contributed by atoms with E-state index in [1.54, 1.807) is 36.4 Å². The molecule has 6 nitrogen and oxygen atoms in total. The van der Waals surface area contributed by atoms with Gasteiger partial charge in [-0.25, -0.2) is 8.42 Å². The third-order valence-electron chi connectivity index (χ3n) is 4.03. The van der Waals surface area contributed by atoms with Crippen molar-refractivity contribution in [3.63, 3.8) is 0 Å². The minimum absolute atomic E-state index is 0.0890. The van der Waals surface area contributed by atoms with Crippen molar-refractivity contribution in [2.45, 2.75) is 11.8 Å². The fourth-order valence-electron chi connectivity index (χ4n) is 2.51. The topological polar surface area (TPSA) is 84.5 Å². The van der Waals surface area contributed by atoms with Crippen LogP contribution in [0.5, 0.6) is 5.75 Å². The van der Waals surface area contributed by atoms with Crippen LogP contribution in [0.2, 0.25) is 5.02 Å². The second kappa shape index (κ2) is 8.98. The number of aryl methyl sites for hydroxylation is 1. The second-order valence-electron chi connectivity index (χ2n) is 6.21. The summed E-state index contributed by atoms with van der Waals surface area (Å²) in [5, 5.41) is 3.06. The van der Waals surface area contributed by atoms with E-state index in [1.165, 1.54) is 24.3 Å². The van der Waals surface area contributed by atoms with Crippen LogP contribution in [0.25, 0.3) is 0 Å². The van der Waals surface area contributed by atoms with Gasteiger partial charge in [-0.15, -0.1) is 0 Å². The van der Waals surface area contributed by atoms with Crippen LogP contribution in [0.15, 0.2) is 77.7 Å².